The average Bonchev–Trinajstić information content (AvgIpc) is 1.93. The van der Waals surface area contributed by atoms with Crippen molar-refractivity contribution in [3.05, 3.63) is 0 Å². The van der Waals surface area contributed by atoms with Crippen LogP contribution in [0.5, 0.6) is 0 Å². The lowest BCUT2D eigenvalue weighted by Crippen LogP contribution is -2.30. The van der Waals surface area contributed by atoms with E-state index in [1.165, 1.54) is 25.7 Å². The van der Waals surface area contributed by atoms with Gasteiger partial charge in [0.05, 0.1) is 12.2 Å². The largest absolute Gasteiger partial charge is 0.374 e. The molecule has 1 aliphatic rings. The Labute approximate surface area is 75.5 Å². The highest BCUT2D eigenvalue weighted by atomic mass is 16.5. The van der Waals surface area contributed by atoms with Crippen molar-refractivity contribution in [2.24, 2.45) is 11.7 Å². The first-order valence-corrected chi connectivity index (χ1v) is 5.08. The van der Waals surface area contributed by atoms with E-state index in [1.54, 1.807) is 0 Å². The maximum Gasteiger partial charge on any atom is 0.0703 e. The van der Waals surface area contributed by atoms with Gasteiger partial charge in [0.25, 0.3) is 0 Å². The second-order valence-electron chi connectivity index (χ2n) is 4.08. The van der Waals surface area contributed by atoms with Gasteiger partial charge in [-0.15, -0.1) is 0 Å². The summed E-state index contributed by atoms with van der Waals surface area (Å²) in [5, 5.41) is 0. The van der Waals surface area contributed by atoms with Crippen LogP contribution in [0.1, 0.15) is 39.5 Å². The summed E-state index contributed by atoms with van der Waals surface area (Å²) in [6.45, 7) is 4.82. The number of ether oxygens (including phenoxy) is 1. The third kappa shape index (κ3) is 3.11. The van der Waals surface area contributed by atoms with Crippen molar-refractivity contribution < 1.29 is 4.74 Å². The van der Waals surface area contributed by atoms with E-state index in [-0.39, 0.29) is 0 Å². The Morgan fingerprint density at radius 1 is 1.42 bits per heavy atom. The quantitative estimate of drug-likeness (QED) is 0.686. The Morgan fingerprint density at radius 2 is 2.08 bits per heavy atom. The summed E-state index contributed by atoms with van der Waals surface area (Å²) < 4.78 is 5.68. The molecular weight excluding hydrogens is 150 g/mol. The lowest BCUT2D eigenvalue weighted by molar-refractivity contribution is -0.00699. The maximum absolute atomic E-state index is 5.68. The van der Waals surface area contributed by atoms with Gasteiger partial charge in [-0.1, -0.05) is 19.3 Å². The van der Waals surface area contributed by atoms with Crippen LogP contribution in [-0.2, 0) is 4.74 Å². The standard InChI is InChI=1S/C10H21NO/c1-8(2)12-10(7-11)6-9-4-3-5-9/h8-10H,3-7,11H2,1-2H3. The molecule has 12 heavy (non-hydrogen) atoms. The second kappa shape index (κ2) is 4.83. The first-order chi connectivity index (χ1) is 5.72. The Bertz CT molecular complexity index is 121. The highest BCUT2D eigenvalue weighted by molar-refractivity contribution is 4.74. The van der Waals surface area contributed by atoms with Gasteiger partial charge in [0.15, 0.2) is 0 Å². The molecule has 2 N–H and O–H groups in total. The molecule has 2 nitrogen and oxygen atoms in total. The summed E-state index contributed by atoms with van der Waals surface area (Å²) in [5.41, 5.74) is 5.62. The van der Waals surface area contributed by atoms with Crippen LogP contribution in [0, 0.1) is 5.92 Å². The van der Waals surface area contributed by atoms with E-state index in [2.05, 4.69) is 13.8 Å². The molecule has 72 valence electrons. The smallest absolute Gasteiger partial charge is 0.0703 e. The predicted octanol–water partition coefficient (Wildman–Crippen LogP) is 1.93. The molecule has 0 aromatic carbocycles. The van der Waals surface area contributed by atoms with Crippen LogP contribution >= 0.6 is 0 Å². The minimum atomic E-state index is 0.301. The fourth-order valence-electron chi connectivity index (χ4n) is 1.69. The Hall–Kier alpha value is -0.0800. The zero-order valence-corrected chi connectivity index (χ0v) is 8.25. The Balaban J connectivity index is 2.15. The monoisotopic (exact) mass is 171 g/mol. The molecule has 0 aromatic rings. The van der Waals surface area contributed by atoms with Crippen LogP contribution < -0.4 is 5.73 Å². The van der Waals surface area contributed by atoms with E-state index in [9.17, 15) is 0 Å². The molecule has 1 fully saturated rings. The Kier molecular flexibility index (Phi) is 4.02. The van der Waals surface area contributed by atoms with E-state index in [1.807, 2.05) is 0 Å². The van der Waals surface area contributed by atoms with Gasteiger partial charge in [-0.05, 0) is 26.2 Å². The lowest BCUT2D eigenvalue weighted by atomic mass is 9.81. The molecule has 0 spiro atoms. The number of rotatable bonds is 5. The zero-order chi connectivity index (χ0) is 8.97. The minimum Gasteiger partial charge on any atom is -0.374 e. The van der Waals surface area contributed by atoms with Gasteiger partial charge in [-0.2, -0.15) is 0 Å². The summed E-state index contributed by atoms with van der Waals surface area (Å²) >= 11 is 0. The zero-order valence-electron chi connectivity index (χ0n) is 8.25. The molecule has 0 aromatic heterocycles. The molecule has 1 rings (SSSR count). The topological polar surface area (TPSA) is 35.2 Å². The fraction of sp³-hybridized carbons (Fsp3) is 1.00. The predicted molar refractivity (Wildman–Crippen MR) is 51.0 cm³/mol. The van der Waals surface area contributed by atoms with Gasteiger partial charge in [-0.25, -0.2) is 0 Å². The molecule has 2 heteroatoms. The van der Waals surface area contributed by atoms with Crippen molar-refractivity contribution in [2.75, 3.05) is 6.54 Å². The molecule has 1 aliphatic carbocycles. The van der Waals surface area contributed by atoms with E-state index in [0.29, 0.717) is 18.8 Å². The fourth-order valence-corrected chi connectivity index (χ4v) is 1.69. The summed E-state index contributed by atoms with van der Waals surface area (Å²) in [6, 6.07) is 0. The Morgan fingerprint density at radius 3 is 2.42 bits per heavy atom. The van der Waals surface area contributed by atoms with Crippen LogP contribution in [0.2, 0.25) is 0 Å². The summed E-state index contributed by atoms with van der Waals surface area (Å²) in [6.07, 6.45) is 5.97. The SMILES string of the molecule is CC(C)OC(CN)CC1CCC1. The molecule has 1 saturated carbocycles. The normalized spacial score (nSPS) is 21.0. The van der Waals surface area contributed by atoms with Gasteiger partial charge in [-0.3, -0.25) is 0 Å². The molecular formula is C10H21NO. The van der Waals surface area contributed by atoms with Gasteiger partial charge in [0, 0.05) is 6.54 Å². The van der Waals surface area contributed by atoms with E-state index in [4.69, 9.17) is 10.5 Å². The van der Waals surface area contributed by atoms with Crippen LogP contribution in [0.15, 0.2) is 0 Å². The highest BCUT2D eigenvalue weighted by Crippen LogP contribution is 2.31. The lowest BCUT2D eigenvalue weighted by Gasteiger charge is -2.30. The minimum absolute atomic E-state index is 0.301. The second-order valence-corrected chi connectivity index (χ2v) is 4.08. The summed E-state index contributed by atoms with van der Waals surface area (Å²) in [7, 11) is 0. The first kappa shape index (κ1) is 10.0. The molecule has 0 aliphatic heterocycles. The maximum atomic E-state index is 5.68. The molecule has 1 unspecified atom stereocenters. The van der Waals surface area contributed by atoms with Crippen molar-refractivity contribution in [1.29, 1.82) is 0 Å². The molecule has 0 amide bonds. The first-order valence-electron chi connectivity index (χ1n) is 5.08. The van der Waals surface area contributed by atoms with Crippen LogP contribution in [0.3, 0.4) is 0 Å². The van der Waals surface area contributed by atoms with Crippen molar-refractivity contribution in [1.82, 2.24) is 0 Å². The highest BCUT2D eigenvalue weighted by Gasteiger charge is 2.22. The number of hydrogen-bond donors (Lipinski definition) is 1. The molecule has 1 atom stereocenters. The van der Waals surface area contributed by atoms with E-state index < -0.39 is 0 Å². The summed E-state index contributed by atoms with van der Waals surface area (Å²) in [4.78, 5) is 0. The third-order valence-electron chi connectivity index (χ3n) is 2.55. The van der Waals surface area contributed by atoms with E-state index >= 15 is 0 Å². The average molecular weight is 171 g/mol. The van der Waals surface area contributed by atoms with Gasteiger partial charge >= 0.3 is 0 Å². The number of nitrogens with two attached hydrogens (primary N) is 1. The van der Waals surface area contributed by atoms with Crippen molar-refractivity contribution in [2.45, 2.75) is 51.7 Å². The van der Waals surface area contributed by atoms with Gasteiger partial charge in [0.2, 0.25) is 0 Å². The van der Waals surface area contributed by atoms with Crippen LogP contribution in [0.25, 0.3) is 0 Å². The number of hydrogen-bond acceptors (Lipinski definition) is 2. The van der Waals surface area contributed by atoms with Gasteiger partial charge in [0.1, 0.15) is 0 Å². The van der Waals surface area contributed by atoms with Crippen LogP contribution in [0.4, 0.5) is 0 Å². The van der Waals surface area contributed by atoms with Crippen molar-refractivity contribution >= 4 is 0 Å². The summed E-state index contributed by atoms with van der Waals surface area (Å²) in [5.74, 6) is 0.900. The molecule has 0 heterocycles. The van der Waals surface area contributed by atoms with E-state index in [0.717, 1.165) is 5.92 Å². The van der Waals surface area contributed by atoms with Gasteiger partial charge < -0.3 is 10.5 Å². The molecule has 0 radical (unpaired) electrons. The van der Waals surface area contributed by atoms with Crippen molar-refractivity contribution in [3.63, 3.8) is 0 Å². The van der Waals surface area contributed by atoms with Crippen molar-refractivity contribution in [3.8, 4) is 0 Å². The molecule has 0 saturated heterocycles. The van der Waals surface area contributed by atoms with Crippen LogP contribution in [-0.4, -0.2) is 18.8 Å². The molecule has 0 bridgehead atoms. The third-order valence-corrected chi connectivity index (χ3v) is 2.55.